The lowest BCUT2D eigenvalue weighted by molar-refractivity contribution is -0.384. The van der Waals surface area contributed by atoms with Crippen molar-refractivity contribution in [3.8, 4) is 11.5 Å². The molecule has 0 saturated carbocycles. The molecule has 0 saturated heterocycles. The lowest BCUT2D eigenvalue weighted by Crippen LogP contribution is -2.21. The number of carbonyl (C=O) groups is 2. The monoisotopic (exact) mass is 358 g/mol. The van der Waals surface area contributed by atoms with E-state index in [-0.39, 0.29) is 16.9 Å². The molecule has 1 aliphatic heterocycles. The number of carbonyl (C=O) groups excluding carboxylic acids is 2. The Bertz CT molecular complexity index is 866. The van der Waals surface area contributed by atoms with E-state index in [1.54, 1.807) is 6.07 Å². The molecule has 0 unspecified atom stereocenters. The second-order valence-corrected chi connectivity index (χ2v) is 5.29. The van der Waals surface area contributed by atoms with Crippen LogP contribution in [0.1, 0.15) is 10.4 Å². The molecule has 0 spiro atoms. The van der Waals surface area contributed by atoms with Crippen molar-refractivity contribution in [3.05, 3.63) is 58.1 Å². The van der Waals surface area contributed by atoms with Crippen LogP contribution in [0.15, 0.2) is 42.5 Å². The fraction of sp³-hybridized carbons (Fsp3) is 0.176. The molecule has 0 aromatic heterocycles. The fourth-order valence-corrected chi connectivity index (χ4v) is 2.28. The van der Waals surface area contributed by atoms with Crippen LogP contribution in [-0.2, 0) is 9.53 Å². The van der Waals surface area contributed by atoms with Crippen molar-refractivity contribution in [1.29, 1.82) is 0 Å². The zero-order valence-corrected chi connectivity index (χ0v) is 13.5. The number of rotatable bonds is 5. The summed E-state index contributed by atoms with van der Waals surface area (Å²) in [5.41, 5.74) is 0.299. The van der Waals surface area contributed by atoms with E-state index in [0.717, 1.165) is 0 Å². The summed E-state index contributed by atoms with van der Waals surface area (Å²) in [6, 6.07) is 10.0. The number of benzene rings is 2. The van der Waals surface area contributed by atoms with Crippen molar-refractivity contribution in [1.82, 2.24) is 0 Å². The highest BCUT2D eigenvalue weighted by Crippen LogP contribution is 2.30. The minimum atomic E-state index is -0.698. The lowest BCUT2D eigenvalue weighted by atomic mass is 10.2. The van der Waals surface area contributed by atoms with Crippen molar-refractivity contribution in [3.63, 3.8) is 0 Å². The van der Waals surface area contributed by atoms with Gasteiger partial charge in [0, 0.05) is 17.8 Å². The number of esters is 1. The molecule has 1 amide bonds. The van der Waals surface area contributed by atoms with Crippen LogP contribution >= 0.6 is 0 Å². The second-order valence-electron chi connectivity index (χ2n) is 5.29. The van der Waals surface area contributed by atoms with Crippen molar-refractivity contribution in [2.24, 2.45) is 0 Å². The standard InChI is InChI=1S/C17H14N2O7/c20-16(18-12-2-1-3-13(9-12)19(22)23)10-26-17(21)11-4-5-14-15(8-11)25-7-6-24-14/h1-5,8-9H,6-7,10H2,(H,18,20). The third-order valence-electron chi connectivity index (χ3n) is 3.45. The Hall–Kier alpha value is -3.62. The topological polar surface area (TPSA) is 117 Å². The third-order valence-corrected chi connectivity index (χ3v) is 3.45. The number of hydrogen-bond acceptors (Lipinski definition) is 7. The van der Waals surface area contributed by atoms with E-state index in [1.807, 2.05) is 0 Å². The van der Waals surface area contributed by atoms with Crippen LogP contribution < -0.4 is 14.8 Å². The average Bonchev–Trinajstić information content (AvgIpc) is 2.66. The van der Waals surface area contributed by atoms with Gasteiger partial charge >= 0.3 is 5.97 Å². The summed E-state index contributed by atoms with van der Waals surface area (Å²) in [7, 11) is 0. The maximum absolute atomic E-state index is 12.0. The van der Waals surface area contributed by atoms with Gasteiger partial charge in [0.1, 0.15) is 13.2 Å². The van der Waals surface area contributed by atoms with Gasteiger partial charge in [0.25, 0.3) is 11.6 Å². The van der Waals surface area contributed by atoms with Gasteiger partial charge < -0.3 is 19.5 Å². The van der Waals surface area contributed by atoms with Crippen molar-refractivity contribution in [2.45, 2.75) is 0 Å². The summed E-state index contributed by atoms with van der Waals surface area (Å²) in [6.07, 6.45) is 0. The molecular formula is C17H14N2O7. The molecule has 0 radical (unpaired) electrons. The van der Waals surface area contributed by atoms with Gasteiger partial charge in [-0.2, -0.15) is 0 Å². The number of nitro groups is 1. The van der Waals surface area contributed by atoms with E-state index in [4.69, 9.17) is 14.2 Å². The molecular weight excluding hydrogens is 344 g/mol. The van der Waals surface area contributed by atoms with Gasteiger partial charge in [-0.05, 0) is 24.3 Å². The van der Waals surface area contributed by atoms with E-state index in [2.05, 4.69) is 5.32 Å². The SMILES string of the molecule is O=C(COC(=O)c1ccc2c(c1)OCCO2)Nc1cccc([N+](=O)[O-])c1. The molecule has 26 heavy (non-hydrogen) atoms. The molecule has 1 aliphatic rings. The molecule has 2 aromatic carbocycles. The van der Waals surface area contributed by atoms with Crippen LogP contribution in [0.5, 0.6) is 11.5 Å². The molecule has 3 rings (SSSR count). The molecule has 2 aromatic rings. The van der Waals surface area contributed by atoms with Gasteiger partial charge in [-0.15, -0.1) is 0 Å². The Morgan fingerprint density at radius 1 is 1.12 bits per heavy atom. The highest BCUT2D eigenvalue weighted by atomic mass is 16.6. The largest absolute Gasteiger partial charge is 0.486 e. The Kier molecular flexibility index (Phi) is 4.97. The van der Waals surface area contributed by atoms with Gasteiger partial charge in [0.2, 0.25) is 0 Å². The maximum Gasteiger partial charge on any atom is 0.338 e. The fourth-order valence-electron chi connectivity index (χ4n) is 2.28. The van der Waals surface area contributed by atoms with Gasteiger partial charge in [-0.1, -0.05) is 6.07 Å². The zero-order chi connectivity index (χ0) is 18.5. The zero-order valence-electron chi connectivity index (χ0n) is 13.5. The van der Waals surface area contributed by atoms with Crippen LogP contribution in [0.4, 0.5) is 11.4 Å². The quantitative estimate of drug-likeness (QED) is 0.494. The number of non-ortho nitro benzene ring substituents is 1. The number of nitrogens with zero attached hydrogens (tertiary/aromatic N) is 1. The molecule has 9 nitrogen and oxygen atoms in total. The summed E-state index contributed by atoms with van der Waals surface area (Å²) in [4.78, 5) is 34.0. The van der Waals surface area contributed by atoms with Gasteiger partial charge in [-0.3, -0.25) is 14.9 Å². The summed E-state index contributed by atoms with van der Waals surface area (Å²) in [5, 5.41) is 13.1. The van der Waals surface area contributed by atoms with E-state index in [9.17, 15) is 19.7 Å². The molecule has 0 bridgehead atoms. The number of ether oxygens (including phenoxy) is 3. The van der Waals surface area contributed by atoms with E-state index in [1.165, 1.54) is 36.4 Å². The summed E-state index contributed by atoms with van der Waals surface area (Å²) < 4.78 is 15.7. The van der Waals surface area contributed by atoms with Crippen molar-refractivity contribution in [2.75, 3.05) is 25.1 Å². The molecule has 0 fully saturated rings. The smallest absolute Gasteiger partial charge is 0.338 e. The summed E-state index contributed by atoms with van der Waals surface area (Å²) >= 11 is 0. The number of fused-ring (bicyclic) bond motifs is 1. The van der Waals surface area contributed by atoms with Crippen molar-refractivity contribution >= 4 is 23.3 Å². The van der Waals surface area contributed by atoms with Crippen LogP contribution in [0.3, 0.4) is 0 Å². The number of hydrogen-bond donors (Lipinski definition) is 1. The Morgan fingerprint density at radius 3 is 2.65 bits per heavy atom. The van der Waals surface area contributed by atoms with Gasteiger partial charge in [-0.25, -0.2) is 4.79 Å². The first-order valence-corrected chi connectivity index (χ1v) is 7.64. The van der Waals surface area contributed by atoms with Crippen LogP contribution in [0, 0.1) is 10.1 Å². The minimum absolute atomic E-state index is 0.156. The Balaban J connectivity index is 1.56. The predicted molar refractivity (Wildman–Crippen MR) is 89.4 cm³/mol. The number of nitrogens with one attached hydrogen (secondary N) is 1. The summed E-state index contributed by atoms with van der Waals surface area (Å²) in [6.45, 7) is 0.293. The molecule has 0 atom stereocenters. The van der Waals surface area contributed by atoms with Gasteiger partial charge in [0.05, 0.1) is 10.5 Å². The Labute approximate surface area is 147 Å². The highest BCUT2D eigenvalue weighted by Gasteiger charge is 2.17. The predicted octanol–water partition coefficient (Wildman–Crippen LogP) is 2.16. The first kappa shape index (κ1) is 17.2. The van der Waals surface area contributed by atoms with Crippen LogP contribution in [0.25, 0.3) is 0 Å². The third kappa shape index (κ3) is 4.07. The average molecular weight is 358 g/mol. The van der Waals surface area contributed by atoms with E-state index >= 15 is 0 Å². The number of amides is 1. The number of nitro benzene ring substituents is 1. The minimum Gasteiger partial charge on any atom is -0.486 e. The van der Waals surface area contributed by atoms with Crippen LogP contribution in [0.2, 0.25) is 0 Å². The number of anilines is 1. The maximum atomic E-state index is 12.0. The lowest BCUT2D eigenvalue weighted by Gasteiger charge is -2.18. The summed E-state index contributed by atoms with van der Waals surface area (Å²) in [5.74, 6) is -0.337. The van der Waals surface area contributed by atoms with Crippen molar-refractivity contribution < 1.29 is 28.7 Å². The molecule has 1 N–H and O–H groups in total. The van der Waals surface area contributed by atoms with E-state index in [0.29, 0.717) is 24.7 Å². The molecule has 1 heterocycles. The highest BCUT2D eigenvalue weighted by molar-refractivity contribution is 5.96. The van der Waals surface area contributed by atoms with Gasteiger partial charge in [0.15, 0.2) is 18.1 Å². The second kappa shape index (κ2) is 7.51. The molecule has 134 valence electrons. The molecule has 0 aliphatic carbocycles. The van der Waals surface area contributed by atoms with Crippen LogP contribution in [-0.4, -0.2) is 36.6 Å². The molecule has 9 heteroatoms. The Morgan fingerprint density at radius 2 is 1.88 bits per heavy atom. The van der Waals surface area contributed by atoms with E-state index < -0.39 is 23.4 Å². The normalized spacial score (nSPS) is 12.2. The first-order chi connectivity index (χ1) is 12.5. The first-order valence-electron chi connectivity index (χ1n) is 7.64.